The van der Waals surface area contributed by atoms with Crippen LogP contribution in [0.1, 0.15) is 12.6 Å². The SMILES string of the molecule is CCOc1nc(NN)nc(Oc2cccnc2C)n1. The Morgan fingerprint density at radius 3 is 2.74 bits per heavy atom. The molecule has 2 heterocycles. The summed E-state index contributed by atoms with van der Waals surface area (Å²) in [5, 5.41) is 0. The smallest absolute Gasteiger partial charge is 0.330 e. The summed E-state index contributed by atoms with van der Waals surface area (Å²) < 4.78 is 10.7. The molecule has 0 bridgehead atoms. The highest BCUT2D eigenvalue weighted by molar-refractivity contribution is 5.31. The van der Waals surface area contributed by atoms with Gasteiger partial charge in [0.15, 0.2) is 5.75 Å². The van der Waals surface area contributed by atoms with Crippen molar-refractivity contribution in [3.05, 3.63) is 24.0 Å². The Morgan fingerprint density at radius 1 is 1.26 bits per heavy atom. The zero-order valence-electron chi connectivity index (χ0n) is 10.6. The Balaban J connectivity index is 2.29. The first-order chi connectivity index (χ1) is 9.22. The standard InChI is InChI=1S/C11H14N6O2/c1-3-18-10-14-9(17-12)15-11(16-10)19-8-5-4-6-13-7(8)2/h4-6H,3,12H2,1-2H3,(H,14,15,16,17). The van der Waals surface area contributed by atoms with Gasteiger partial charge in [0.1, 0.15) is 0 Å². The number of hydrogen-bond donors (Lipinski definition) is 2. The lowest BCUT2D eigenvalue weighted by Gasteiger charge is -2.08. The van der Waals surface area contributed by atoms with Crippen molar-refractivity contribution < 1.29 is 9.47 Å². The normalized spacial score (nSPS) is 10.1. The Hall–Kier alpha value is -2.48. The second kappa shape index (κ2) is 5.91. The van der Waals surface area contributed by atoms with Crippen LogP contribution in [0.25, 0.3) is 0 Å². The van der Waals surface area contributed by atoms with Crippen molar-refractivity contribution in [2.24, 2.45) is 5.84 Å². The summed E-state index contributed by atoms with van der Waals surface area (Å²) in [6, 6.07) is 3.75. The molecule has 0 aromatic carbocycles. The first kappa shape index (κ1) is 13.0. The Bertz CT molecular complexity index is 563. The van der Waals surface area contributed by atoms with Crippen molar-refractivity contribution in [2.75, 3.05) is 12.0 Å². The predicted molar refractivity (Wildman–Crippen MR) is 67.9 cm³/mol. The maximum absolute atomic E-state index is 5.54. The predicted octanol–water partition coefficient (Wildman–Crippen LogP) is 1.05. The van der Waals surface area contributed by atoms with E-state index in [1.165, 1.54) is 0 Å². The second-order valence-electron chi connectivity index (χ2n) is 3.49. The minimum absolute atomic E-state index is 0.0856. The first-order valence-electron chi connectivity index (χ1n) is 5.68. The van der Waals surface area contributed by atoms with E-state index in [4.69, 9.17) is 15.3 Å². The van der Waals surface area contributed by atoms with Gasteiger partial charge < -0.3 is 9.47 Å². The zero-order chi connectivity index (χ0) is 13.7. The number of aryl methyl sites for hydroxylation is 1. The van der Waals surface area contributed by atoms with Crippen LogP contribution in [0.3, 0.4) is 0 Å². The van der Waals surface area contributed by atoms with E-state index in [0.29, 0.717) is 12.4 Å². The molecule has 0 radical (unpaired) electrons. The van der Waals surface area contributed by atoms with Crippen molar-refractivity contribution in [3.8, 4) is 17.8 Å². The number of nitrogens with zero attached hydrogens (tertiary/aromatic N) is 4. The zero-order valence-corrected chi connectivity index (χ0v) is 10.6. The summed E-state index contributed by atoms with van der Waals surface area (Å²) in [4.78, 5) is 16.0. The van der Waals surface area contributed by atoms with E-state index in [-0.39, 0.29) is 18.0 Å². The molecule has 0 saturated carbocycles. The molecule has 0 unspecified atom stereocenters. The number of ether oxygens (including phenoxy) is 2. The largest absolute Gasteiger partial charge is 0.464 e. The van der Waals surface area contributed by atoms with Gasteiger partial charge in [-0.1, -0.05) is 0 Å². The van der Waals surface area contributed by atoms with E-state index in [0.717, 1.165) is 5.69 Å². The van der Waals surface area contributed by atoms with Crippen LogP contribution in [0, 0.1) is 6.92 Å². The fourth-order valence-corrected chi connectivity index (χ4v) is 1.32. The lowest BCUT2D eigenvalue weighted by atomic mass is 10.3. The molecule has 2 aromatic heterocycles. The van der Waals surface area contributed by atoms with Gasteiger partial charge in [0.2, 0.25) is 5.95 Å². The molecule has 0 fully saturated rings. The number of rotatable bonds is 5. The lowest BCUT2D eigenvalue weighted by molar-refractivity contribution is 0.303. The third-order valence-corrected chi connectivity index (χ3v) is 2.16. The highest BCUT2D eigenvalue weighted by Gasteiger charge is 2.10. The van der Waals surface area contributed by atoms with E-state index in [1.54, 1.807) is 18.3 Å². The van der Waals surface area contributed by atoms with Gasteiger partial charge in [-0.05, 0) is 26.0 Å². The summed E-state index contributed by atoms with van der Waals surface area (Å²) in [6.07, 6.45) is 1.67. The van der Waals surface area contributed by atoms with Crippen molar-refractivity contribution >= 4 is 5.95 Å². The molecule has 0 saturated heterocycles. The summed E-state index contributed by atoms with van der Waals surface area (Å²) in [6.45, 7) is 4.08. The molecule has 19 heavy (non-hydrogen) atoms. The highest BCUT2D eigenvalue weighted by Crippen LogP contribution is 2.22. The van der Waals surface area contributed by atoms with Crippen molar-refractivity contribution in [3.63, 3.8) is 0 Å². The van der Waals surface area contributed by atoms with Crippen molar-refractivity contribution in [2.45, 2.75) is 13.8 Å². The molecule has 0 aliphatic heterocycles. The van der Waals surface area contributed by atoms with Gasteiger partial charge in [-0.2, -0.15) is 9.97 Å². The van der Waals surface area contributed by atoms with Gasteiger partial charge in [-0.25, -0.2) is 5.84 Å². The number of aromatic nitrogens is 4. The summed E-state index contributed by atoms with van der Waals surface area (Å²) in [5.41, 5.74) is 3.05. The maximum Gasteiger partial charge on any atom is 0.330 e. The molecule has 8 nitrogen and oxygen atoms in total. The molecule has 0 amide bonds. The van der Waals surface area contributed by atoms with Crippen LogP contribution < -0.4 is 20.7 Å². The Morgan fingerprint density at radius 2 is 2.05 bits per heavy atom. The topological polar surface area (TPSA) is 108 Å². The summed E-state index contributed by atoms with van der Waals surface area (Å²) >= 11 is 0. The van der Waals surface area contributed by atoms with Gasteiger partial charge in [0, 0.05) is 6.20 Å². The third kappa shape index (κ3) is 3.26. The number of pyridine rings is 1. The molecule has 8 heteroatoms. The second-order valence-corrected chi connectivity index (χ2v) is 3.49. The van der Waals surface area contributed by atoms with Gasteiger partial charge in [-0.3, -0.25) is 10.4 Å². The van der Waals surface area contributed by atoms with Gasteiger partial charge in [0.05, 0.1) is 12.3 Å². The number of hydrazine groups is 1. The summed E-state index contributed by atoms with van der Waals surface area (Å²) in [5.74, 6) is 6.00. The van der Waals surface area contributed by atoms with E-state index < -0.39 is 0 Å². The van der Waals surface area contributed by atoms with Crippen molar-refractivity contribution in [1.29, 1.82) is 0 Å². The molecule has 3 N–H and O–H groups in total. The van der Waals surface area contributed by atoms with Crippen molar-refractivity contribution in [1.82, 2.24) is 19.9 Å². The van der Waals surface area contributed by atoms with Crippen LogP contribution in [-0.4, -0.2) is 26.5 Å². The lowest BCUT2D eigenvalue weighted by Crippen LogP contribution is -2.13. The van der Waals surface area contributed by atoms with E-state index in [2.05, 4.69) is 25.4 Å². The summed E-state index contributed by atoms with van der Waals surface area (Å²) in [7, 11) is 0. The van der Waals surface area contributed by atoms with Crippen LogP contribution in [-0.2, 0) is 0 Å². The molecule has 100 valence electrons. The van der Waals surface area contributed by atoms with Gasteiger partial charge >= 0.3 is 12.0 Å². The van der Waals surface area contributed by atoms with Crippen LogP contribution >= 0.6 is 0 Å². The fraction of sp³-hybridized carbons (Fsp3) is 0.273. The molecular weight excluding hydrogens is 248 g/mol. The van der Waals surface area contributed by atoms with Gasteiger partial charge in [-0.15, -0.1) is 4.98 Å². The van der Waals surface area contributed by atoms with Gasteiger partial charge in [0.25, 0.3) is 0 Å². The van der Waals surface area contributed by atoms with Crippen LogP contribution in [0.4, 0.5) is 5.95 Å². The molecule has 0 aliphatic rings. The quantitative estimate of drug-likeness (QED) is 0.608. The third-order valence-electron chi connectivity index (χ3n) is 2.16. The number of nitrogens with two attached hydrogens (primary N) is 1. The molecule has 0 spiro atoms. The Labute approximate surface area is 110 Å². The minimum Gasteiger partial charge on any atom is -0.464 e. The monoisotopic (exact) mass is 262 g/mol. The number of hydrogen-bond acceptors (Lipinski definition) is 8. The van der Waals surface area contributed by atoms with E-state index in [1.807, 2.05) is 13.8 Å². The fourth-order valence-electron chi connectivity index (χ4n) is 1.32. The minimum atomic E-state index is 0.0856. The average Bonchev–Trinajstić information content (AvgIpc) is 2.41. The number of nitrogen functional groups attached to an aromatic ring is 1. The maximum atomic E-state index is 5.54. The van der Waals surface area contributed by atoms with Crippen LogP contribution in [0.15, 0.2) is 18.3 Å². The van der Waals surface area contributed by atoms with E-state index in [9.17, 15) is 0 Å². The Kier molecular flexibility index (Phi) is 4.04. The highest BCUT2D eigenvalue weighted by atomic mass is 16.5. The molecule has 0 atom stereocenters. The van der Waals surface area contributed by atoms with Crippen LogP contribution in [0.2, 0.25) is 0 Å². The average molecular weight is 262 g/mol. The number of anilines is 1. The number of nitrogens with one attached hydrogen (secondary N) is 1. The molecular formula is C11H14N6O2. The van der Waals surface area contributed by atoms with E-state index >= 15 is 0 Å². The molecule has 0 aliphatic carbocycles. The molecule has 2 aromatic rings. The first-order valence-corrected chi connectivity index (χ1v) is 5.68. The van der Waals surface area contributed by atoms with Crippen LogP contribution in [0.5, 0.6) is 17.8 Å². The molecule has 2 rings (SSSR count).